The molecule has 1 aromatic heterocycles. The van der Waals surface area contributed by atoms with Crippen molar-refractivity contribution < 1.29 is 61.9 Å². The molecule has 0 aliphatic carbocycles. The number of aromatic amines is 1. The van der Waals surface area contributed by atoms with Crippen LogP contribution < -0.4 is 10.1 Å². The van der Waals surface area contributed by atoms with E-state index >= 15 is 0 Å². The van der Waals surface area contributed by atoms with Crippen molar-refractivity contribution >= 4 is 35.8 Å². The summed E-state index contributed by atoms with van der Waals surface area (Å²) in [5.74, 6) is 2.33. The first-order chi connectivity index (χ1) is 27.9. The number of amides is 1. The van der Waals surface area contributed by atoms with E-state index in [9.17, 15) is 28.8 Å². The summed E-state index contributed by atoms with van der Waals surface area (Å²) < 4.78 is 39.5. The average Bonchev–Trinajstić information content (AvgIpc) is 3.56. The van der Waals surface area contributed by atoms with E-state index in [1.165, 1.54) is 6.92 Å². The summed E-state index contributed by atoms with van der Waals surface area (Å²) >= 11 is 0. The van der Waals surface area contributed by atoms with Gasteiger partial charge in [0.25, 0.3) is 0 Å². The average molecular weight is 818 g/mol. The Hall–Kier alpha value is -6.21. The van der Waals surface area contributed by atoms with E-state index in [-0.39, 0.29) is 37.2 Å². The molecule has 0 unspecified atom stereocenters. The van der Waals surface area contributed by atoms with Crippen LogP contribution in [-0.4, -0.2) is 88.8 Å². The highest BCUT2D eigenvalue weighted by atomic mass is 16.7. The minimum absolute atomic E-state index is 0.0295. The molecule has 1 amide bonds. The van der Waals surface area contributed by atoms with Gasteiger partial charge in [-0.15, -0.1) is 5.10 Å². The Bertz CT molecular complexity index is 2010. The molecule has 4 rings (SSSR count). The minimum atomic E-state index is -1.46. The van der Waals surface area contributed by atoms with Crippen LogP contribution >= 0.6 is 0 Å². The lowest BCUT2D eigenvalue weighted by Crippen LogP contribution is -2.63. The number of carbonyl (C=O) groups is 6. The number of esters is 5. The predicted molar refractivity (Wildman–Crippen MR) is 209 cm³/mol. The molecule has 0 bridgehead atoms. The molecule has 5 atom stereocenters. The number of H-pyrrole nitrogens is 1. The van der Waals surface area contributed by atoms with Crippen LogP contribution in [0.4, 0.5) is 0 Å². The Morgan fingerprint density at radius 2 is 1.44 bits per heavy atom. The molecule has 2 N–H and O–H groups in total. The normalized spacial score (nSPS) is 18.7. The first-order valence-electron chi connectivity index (χ1n) is 19.1. The van der Waals surface area contributed by atoms with Crippen molar-refractivity contribution in [2.75, 3.05) is 6.61 Å². The molecule has 0 saturated carbocycles. The van der Waals surface area contributed by atoms with Crippen LogP contribution in [0.2, 0.25) is 0 Å². The highest BCUT2D eigenvalue weighted by molar-refractivity contribution is 5.87. The molecular weight excluding hydrogens is 766 g/mol. The third kappa shape index (κ3) is 13.7. The van der Waals surface area contributed by atoms with Gasteiger partial charge in [-0.25, -0.2) is 4.79 Å². The Balaban J connectivity index is 1.46. The molecule has 1 fully saturated rings. The molecule has 1 aliphatic rings. The zero-order valence-corrected chi connectivity index (χ0v) is 34.5. The maximum absolute atomic E-state index is 12.6. The van der Waals surface area contributed by atoms with Crippen LogP contribution in [0.5, 0.6) is 5.88 Å². The monoisotopic (exact) mass is 817 g/mol. The largest absolute Gasteiger partial charge is 0.463 e. The zero-order valence-electron chi connectivity index (χ0n) is 34.5. The molecule has 1 saturated heterocycles. The fourth-order valence-electron chi connectivity index (χ4n) is 6.12. The lowest BCUT2D eigenvalue weighted by molar-refractivity contribution is -0.289. The molecule has 0 radical (unpaired) electrons. The van der Waals surface area contributed by atoms with Crippen molar-refractivity contribution in [3.63, 3.8) is 0 Å². The molecule has 2 aromatic carbocycles. The van der Waals surface area contributed by atoms with Crippen LogP contribution in [0, 0.1) is 11.8 Å². The summed E-state index contributed by atoms with van der Waals surface area (Å²) in [7, 11) is 0. The van der Waals surface area contributed by atoms with E-state index in [4.69, 9.17) is 33.2 Å². The van der Waals surface area contributed by atoms with Crippen LogP contribution in [0.15, 0.2) is 54.6 Å². The second kappa shape index (κ2) is 21.0. The smallest absolute Gasteiger partial charge is 0.331 e. The zero-order chi connectivity index (χ0) is 43.3. The summed E-state index contributed by atoms with van der Waals surface area (Å²) in [5.41, 5.74) is 2.61. The topological polar surface area (TPSA) is 208 Å². The van der Waals surface area contributed by atoms with Gasteiger partial charge in [0.1, 0.15) is 24.9 Å². The molecule has 2 heterocycles. The van der Waals surface area contributed by atoms with Gasteiger partial charge in [0.15, 0.2) is 12.2 Å². The second-order valence-corrected chi connectivity index (χ2v) is 14.7. The summed E-state index contributed by atoms with van der Waals surface area (Å²) in [4.78, 5) is 73.7. The Morgan fingerprint density at radius 1 is 0.814 bits per heavy atom. The molecule has 3 aromatic rings. The fourth-order valence-corrected chi connectivity index (χ4v) is 6.12. The highest BCUT2D eigenvalue weighted by Crippen LogP contribution is 2.34. The molecule has 16 nitrogen and oxygen atoms in total. The van der Waals surface area contributed by atoms with Crippen LogP contribution in [0.3, 0.4) is 0 Å². The molecule has 316 valence electrons. The fraction of sp³-hybridized carbons (Fsp3) is 0.465. The van der Waals surface area contributed by atoms with E-state index in [0.29, 0.717) is 17.5 Å². The van der Waals surface area contributed by atoms with Gasteiger partial charge in [-0.05, 0) is 43.0 Å². The Labute approximate surface area is 342 Å². The van der Waals surface area contributed by atoms with E-state index in [1.54, 1.807) is 13.8 Å². The van der Waals surface area contributed by atoms with Crippen molar-refractivity contribution in [2.24, 2.45) is 0 Å². The van der Waals surface area contributed by atoms with Gasteiger partial charge in [0.2, 0.25) is 24.2 Å². The Morgan fingerprint density at radius 3 is 2.05 bits per heavy atom. The van der Waals surface area contributed by atoms with Gasteiger partial charge >= 0.3 is 29.8 Å². The van der Waals surface area contributed by atoms with Gasteiger partial charge in [-0.2, -0.15) is 0 Å². The van der Waals surface area contributed by atoms with Crippen LogP contribution in [0.25, 0.3) is 0 Å². The molecule has 1 aliphatic heterocycles. The standard InChI is InChI=1S/C43H51N3O13/c1-25(2)36-33(22-31-20-18-30(19-21-31)14-12-13-17-35(51)44-43(7,8)42(52)54-23-32-15-10-9-11-16-32)40(46-45-36)59-41-39(57-29(6)50)38(56-28(5)49)37(55-27(4)48)34(58-41)24-53-26(3)47/h9-11,15-16,18-21,25,34,37-39,41H,13,17,22-24H2,1-8H3,(H,44,51)(H,45,46)/t34-,37+,38+,39-,41+/m1/s1. The van der Waals surface area contributed by atoms with Crippen molar-refractivity contribution in [1.29, 1.82) is 0 Å². The van der Waals surface area contributed by atoms with Crippen molar-refractivity contribution in [3.8, 4) is 17.7 Å². The highest BCUT2D eigenvalue weighted by Gasteiger charge is 2.53. The third-order valence-electron chi connectivity index (χ3n) is 8.83. The van der Waals surface area contributed by atoms with Crippen LogP contribution in [0.1, 0.15) is 102 Å². The quantitative estimate of drug-likeness (QED) is 0.117. The number of aromatic nitrogens is 2. The lowest BCUT2D eigenvalue weighted by atomic mass is 9.97. The summed E-state index contributed by atoms with van der Waals surface area (Å²) in [5, 5.41) is 10.1. The molecule has 0 spiro atoms. The maximum atomic E-state index is 12.6. The van der Waals surface area contributed by atoms with Crippen molar-refractivity contribution in [2.45, 2.75) is 123 Å². The summed E-state index contributed by atoms with van der Waals surface area (Å²) in [6.45, 7) is 11.4. The number of benzene rings is 2. The number of carbonyl (C=O) groups excluding carboxylic acids is 6. The van der Waals surface area contributed by atoms with Crippen LogP contribution in [-0.2, 0) is 70.2 Å². The number of rotatable bonds is 16. The lowest BCUT2D eigenvalue weighted by Gasteiger charge is -2.43. The summed E-state index contributed by atoms with van der Waals surface area (Å²) in [6.07, 6.45) is -6.15. The van der Waals surface area contributed by atoms with E-state index in [0.717, 1.165) is 37.6 Å². The minimum Gasteiger partial charge on any atom is -0.463 e. The van der Waals surface area contributed by atoms with Crippen molar-refractivity contribution in [3.05, 3.63) is 82.5 Å². The third-order valence-corrected chi connectivity index (χ3v) is 8.83. The number of hydrogen-bond donors (Lipinski definition) is 2. The van der Waals surface area contributed by atoms with Gasteiger partial charge in [-0.1, -0.05) is 68.2 Å². The molecule has 59 heavy (non-hydrogen) atoms. The number of ether oxygens (including phenoxy) is 7. The van der Waals surface area contributed by atoms with E-state index in [2.05, 4.69) is 27.4 Å². The Kier molecular flexibility index (Phi) is 16.2. The van der Waals surface area contributed by atoms with Gasteiger partial charge < -0.3 is 38.5 Å². The number of nitrogens with one attached hydrogen (secondary N) is 2. The van der Waals surface area contributed by atoms with Gasteiger partial charge in [0, 0.05) is 63.8 Å². The van der Waals surface area contributed by atoms with E-state index in [1.807, 2.05) is 68.4 Å². The maximum Gasteiger partial charge on any atom is 0.331 e. The van der Waals surface area contributed by atoms with E-state index < -0.39 is 72.7 Å². The summed E-state index contributed by atoms with van der Waals surface area (Å²) in [6, 6.07) is 16.7. The van der Waals surface area contributed by atoms with Gasteiger partial charge in [0.05, 0.1) is 0 Å². The number of nitrogens with zero attached hydrogens (tertiary/aromatic N) is 1. The SMILES string of the molecule is CC(=O)OC[C@H]1O[C@@H](Oc2n[nH]c(C(C)C)c2Cc2ccc(C#CCCC(=O)NC(C)(C)C(=O)OCc3ccccc3)cc2)[C@H](OC(C)=O)[C@@H](OC(C)=O)[C@H]1OC(C)=O. The first kappa shape index (κ1) is 45.5. The van der Waals surface area contributed by atoms with Crippen molar-refractivity contribution in [1.82, 2.24) is 15.5 Å². The number of hydrogen-bond acceptors (Lipinski definition) is 14. The first-order valence-corrected chi connectivity index (χ1v) is 19.1. The second-order valence-electron chi connectivity index (χ2n) is 14.7. The molecule has 16 heteroatoms. The van der Waals surface area contributed by atoms with Gasteiger partial charge in [-0.3, -0.25) is 29.1 Å². The predicted octanol–water partition coefficient (Wildman–Crippen LogP) is 4.36. The molecular formula is C43H51N3O13.